The lowest BCUT2D eigenvalue weighted by Gasteiger charge is -2.08. The van der Waals surface area contributed by atoms with Gasteiger partial charge in [0.05, 0.1) is 0 Å². The average molecular weight is 266 g/mol. The maximum atomic E-state index is 12.7. The Morgan fingerprint density at radius 1 is 1.21 bits per heavy atom. The summed E-state index contributed by atoms with van der Waals surface area (Å²) in [4.78, 5) is 11.6. The fourth-order valence-electron chi connectivity index (χ4n) is 1.61. The van der Waals surface area contributed by atoms with Gasteiger partial charge in [-0.1, -0.05) is 26.0 Å². The second-order valence-corrected chi connectivity index (χ2v) is 5.09. The van der Waals surface area contributed by atoms with E-state index in [1.807, 2.05) is 0 Å². The van der Waals surface area contributed by atoms with E-state index in [2.05, 4.69) is 24.5 Å². The molecule has 1 rings (SSSR count). The van der Waals surface area contributed by atoms with E-state index in [0.717, 1.165) is 18.5 Å². The third kappa shape index (κ3) is 7.57. The molecule has 4 heteroatoms. The lowest BCUT2D eigenvalue weighted by molar-refractivity contribution is -0.121. The van der Waals surface area contributed by atoms with Crippen LogP contribution in [0, 0.1) is 11.7 Å². The first kappa shape index (κ1) is 15.6. The molecule has 0 aliphatic heterocycles. The zero-order valence-electron chi connectivity index (χ0n) is 11.7. The average Bonchev–Trinajstić information content (AvgIpc) is 2.37. The van der Waals surface area contributed by atoms with Gasteiger partial charge in [-0.2, -0.15) is 0 Å². The predicted molar refractivity (Wildman–Crippen MR) is 75.2 cm³/mol. The van der Waals surface area contributed by atoms with Gasteiger partial charge in [0.2, 0.25) is 5.91 Å². The molecular weight excluding hydrogens is 243 g/mol. The molecule has 1 aromatic carbocycles. The van der Waals surface area contributed by atoms with Crippen molar-refractivity contribution in [3.63, 3.8) is 0 Å². The van der Waals surface area contributed by atoms with Crippen LogP contribution in [0.4, 0.5) is 4.39 Å². The van der Waals surface area contributed by atoms with Crippen molar-refractivity contribution in [3.05, 3.63) is 35.6 Å². The third-order valence-electron chi connectivity index (χ3n) is 2.83. The topological polar surface area (TPSA) is 41.1 Å². The molecule has 0 saturated heterocycles. The van der Waals surface area contributed by atoms with Crippen LogP contribution >= 0.6 is 0 Å². The molecule has 0 aliphatic rings. The largest absolute Gasteiger partial charge is 0.352 e. The number of benzene rings is 1. The van der Waals surface area contributed by atoms with E-state index in [1.54, 1.807) is 12.1 Å². The molecule has 0 aromatic heterocycles. The Balaban J connectivity index is 2.09. The predicted octanol–water partition coefficient (Wildman–Crippen LogP) is 2.47. The molecule has 2 N–H and O–H groups in total. The van der Waals surface area contributed by atoms with Crippen molar-refractivity contribution in [2.24, 2.45) is 5.92 Å². The second-order valence-electron chi connectivity index (χ2n) is 5.09. The van der Waals surface area contributed by atoms with E-state index in [0.29, 0.717) is 25.4 Å². The number of carbonyl (C=O) groups is 1. The van der Waals surface area contributed by atoms with Crippen LogP contribution < -0.4 is 10.6 Å². The number of hydrogen-bond donors (Lipinski definition) is 2. The van der Waals surface area contributed by atoms with E-state index in [4.69, 9.17) is 0 Å². The van der Waals surface area contributed by atoms with Gasteiger partial charge in [0.1, 0.15) is 5.82 Å². The molecule has 1 amide bonds. The highest BCUT2D eigenvalue weighted by molar-refractivity contribution is 5.76. The quantitative estimate of drug-likeness (QED) is 0.710. The van der Waals surface area contributed by atoms with Crippen LogP contribution in [-0.2, 0) is 11.3 Å². The van der Waals surface area contributed by atoms with Crippen molar-refractivity contribution in [1.82, 2.24) is 10.6 Å². The summed E-state index contributed by atoms with van der Waals surface area (Å²) in [6.45, 7) is 6.45. The molecule has 0 fully saturated rings. The van der Waals surface area contributed by atoms with Gasteiger partial charge in [-0.3, -0.25) is 4.79 Å². The first-order chi connectivity index (χ1) is 9.08. The first-order valence-corrected chi connectivity index (χ1v) is 6.80. The highest BCUT2D eigenvalue weighted by Crippen LogP contribution is 2.02. The van der Waals surface area contributed by atoms with Crippen LogP contribution in [0.2, 0.25) is 0 Å². The smallest absolute Gasteiger partial charge is 0.221 e. The molecule has 0 heterocycles. The van der Waals surface area contributed by atoms with Gasteiger partial charge in [-0.05, 0) is 36.6 Å². The summed E-state index contributed by atoms with van der Waals surface area (Å²) in [7, 11) is 0. The molecule has 0 spiro atoms. The highest BCUT2D eigenvalue weighted by Gasteiger charge is 2.01. The maximum absolute atomic E-state index is 12.7. The lowest BCUT2D eigenvalue weighted by atomic mass is 10.1. The summed E-state index contributed by atoms with van der Waals surface area (Å²) < 4.78 is 12.7. The maximum Gasteiger partial charge on any atom is 0.221 e. The summed E-state index contributed by atoms with van der Waals surface area (Å²) in [5, 5.41) is 6.06. The van der Waals surface area contributed by atoms with E-state index >= 15 is 0 Å². The van der Waals surface area contributed by atoms with Crippen molar-refractivity contribution in [1.29, 1.82) is 0 Å². The molecule has 0 unspecified atom stereocenters. The molecular formula is C15H23FN2O. The van der Waals surface area contributed by atoms with Crippen molar-refractivity contribution >= 4 is 5.91 Å². The number of nitrogens with one attached hydrogen (secondary N) is 2. The Bertz CT molecular complexity index is 376. The molecule has 0 aliphatic carbocycles. The fraction of sp³-hybridized carbons (Fsp3) is 0.533. The monoisotopic (exact) mass is 266 g/mol. The number of hydrogen-bond acceptors (Lipinski definition) is 2. The minimum absolute atomic E-state index is 0.0152. The number of amides is 1. The van der Waals surface area contributed by atoms with E-state index in [1.165, 1.54) is 12.1 Å². The molecule has 0 atom stereocenters. The molecule has 3 nitrogen and oxygen atoms in total. The van der Waals surface area contributed by atoms with Gasteiger partial charge in [0, 0.05) is 19.5 Å². The van der Waals surface area contributed by atoms with Crippen LogP contribution in [0.25, 0.3) is 0 Å². The minimum Gasteiger partial charge on any atom is -0.352 e. The minimum atomic E-state index is -0.260. The summed E-state index contributed by atoms with van der Waals surface area (Å²) in [6.07, 6.45) is 1.59. The summed E-state index contributed by atoms with van der Waals surface area (Å²) >= 11 is 0. The molecule has 0 bridgehead atoms. The molecule has 1 aromatic rings. The van der Waals surface area contributed by atoms with Gasteiger partial charge >= 0.3 is 0 Å². The van der Waals surface area contributed by atoms with E-state index in [-0.39, 0.29) is 11.7 Å². The van der Waals surface area contributed by atoms with Gasteiger partial charge in [0.25, 0.3) is 0 Å². The Morgan fingerprint density at radius 2 is 1.89 bits per heavy atom. The van der Waals surface area contributed by atoms with Crippen molar-refractivity contribution < 1.29 is 9.18 Å². The van der Waals surface area contributed by atoms with Crippen molar-refractivity contribution in [2.45, 2.75) is 33.2 Å². The fourth-order valence-corrected chi connectivity index (χ4v) is 1.61. The summed E-state index contributed by atoms with van der Waals surface area (Å²) in [5.41, 5.74) is 0.905. The van der Waals surface area contributed by atoms with Crippen molar-refractivity contribution in [2.75, 3.05) is 13.1 Å². The normalized spacial score (nSPS) is 10.7. The SMILES string of the molecule is CC(C)CCNCCC(=O)NCc1ccc(F)cc1. The van der Waals surface area contributed by atoms with Crippen LogP contribution in [-0.4, -0.2) is 19.0 Å². The van der Waals surface area contributed by atoms with Gasteiger partial charge < -0.3 is 10.6 Å². The molecule has 0 radical (unpaired) electrons. The Labute approximate surface area is 114 Å². The summed E-state index contributed by atoms with van der Waals surface area (Å²) in [6, 6.07) is 6.15. The number of carbonyl (C=O) groups excluding carboxylic acids is 1. The van der Waals surface area contributed by atoms with Crippen LogP contribution in [0.3, 0.4) is 0 Å². The second kappa shape index (κ2) is 8.64. The van der Waals surface area contributed by atoms with Crippen LogP contribution in [0.15, 0.2) is 24.3 Å². The van der Waals surface area contributed by atoms with Crippen molar-refractivity contribution in [3.8, 4) is 0 Å². The molecule has 19 heavy (non-hydrogen) atoms. The highest BCUT2D eigenvalue weighted by atomic mass is 19.1. The Hall–Kier alpha value is -1.42. The zero-order chi connectivity index (χ0) is 14.1. The van der Waals surface area contributed by atoms with Gasteiger partial charge in [-0.25, -0.2) is 4.39 Å². The Morgan fingerprint density at radius 3 is 2.53 bits per heavy atom. The van der Waals surface area contributed by atoms with E-state index < -0.39 is 0 Å². The third-order valence-corrected chi connectivity index (χ3v) is 2.83. The van der Waals surface area contributed by atoms with E-state index in [9.17, 15) is 9.18 Å². The standard InChI is InChI=1S/C15H23FN2O/c1-12(2)7-9-17-10-8-15(19)18-11-13-3-5-14(16)6-4-13/h3-6,12,17H,7-11H2,1-2H3,(H,18,19). The molecule has 0 saturated carbocycles. The van der Waals surface area contributed by atoms with Gasteiger partial charge in [0.15, 0.2) is 0 Å². The Kier molecular flexibility index (Phi) is 7.11. The lowest BCUT2D eigenvalue weighted by Crippen LogP contribution is -2.28. The number of halogens is 1. The zero-order valence-corrected chi connectivity index (χ0v) is 11.7. The van der Waals surface area contributed by atoms with Crippen LogP contribution in [0.5, 0.6) is 0 Å². The molecule has 106 valence electrons. The van der Waals surface area contributed by atoms with Crippen LogP contribution in [0.1, 0.15) is 32.3 Å². The summed E-state index contributed by atoms with van der Waals surface area (Å²) in [5.74, 6) is 0.436. The first-order valence-electron chi connectivity index (χ1n) is 6.80. The number of rotatable bonds is 8. The van der Waals surface area contributed by atoms with Gasteiger partial charge in [-0.15, -0.1) is 0 Å².